The summed E-state index contributed by atoms with van der Waals surface area (Å²) in [7, 11) is 0. The molecule has 0 spiro atoms. The van der Waals surface area contributed by atoms with Crippen LogP contribution in [0.4, 0.5) is 0 Å². The quantitative estimate of drug-likeness (QED) is 0.0774. The van der Waals surface area contributed by atoms with Gasteiger partial charge in [-0.1, -0.05) is 115 Å². The zero-order chi connectivity index (χ0) is 34.0. The highest BCUT2D eigenvalue weighted by molar-refractivity contribution is 8.14. The Hall–Kier alpha value is -5.80. The van der Waals surface area contributed by atoms with Gasteiger partial charge in [-0.05, 0) is 55.3 Å². The molecule has 240 valence electrons. The van der Waals surface area contributed by atoms with E-state index in [0.29, 0.717) is 22.6 Å². The molecule has 0 fully saturated rings. The van der Waals surface area contributed by atoms with Crippen LogP contribution < -0.4 is 5.32 Å². The Morgan fingerprint density at radius 1 is 0.958 bits per heavy atom. The van der Waals surface area contributed by atoms with Crippen LogP contribution in [0.3, 0.4) is 0 Å². The number of ketones is 1. The van der Waals surface area contributed by atoms with Crippen LogP contribution in [0.25, 0.3) is 17.4 Å². The van der Waals surface area contributed by atoms with Gasteiger partial charge in [0, 0.05) is 16.8 Å². The normalized spacial score (nSPS) is 14.5. The molecule has 3 aromatic carbocycles. The van der Waals surface area contributed by atoms with Crippen LogP contribution in [0.5, 0.6) is 0 Å². The van der Waals surface area contributed by atoms with Crippen molar-refractivity contribution in [2.75, 3.05) is 5.75 Å². The van der Waals surface area contributed by atoms with Crippen LogP contribution in [0, 0.1) is 0 Å². The SMILES string of the molecule is C=C/C=C\C(=C/C)N1C(=O)/C(=C/c2ccc(-c3cccc(C(C)=O)c3)o2)C(=O)N=C1SCC(=O)NC(c1ccccc1)c1ccccc1. The van der Waals surface area contributed by atoms with Crippen molar-refractivity contribution in [1.29, 1.82) is 0 Å². The first kappa shape index (κ1) is 33.6. The number of allylic oxidation sites excluding steroid dienone is 4. The first-order chi connectivity index (χ1) is 23.3. The maximum atomic E-state index is 14.0. The van der Waals surface area contributed by atoms with E-state index in [1.165, 1.54) is 17.9 Å². The Kier molecular flexibility index (Phi) is 11.0. The average molecular weight is 656 g/mol. The fourth-order valence-electron chi connectivity index (χ4n) is 5.01. The smallest absolute Gasteiger partial charge is 0.285 e. The summed E-state index contributed by atoms with van der Waals surface area (Å²) in [6.07, 6.45) is 7.95. The molecule has 0 saturated heterocycles. The second-order valence-electron chi connectivity index (χ2n) is 10.7. The lowest BCUT2D eigenvalue weighted by molar-refractivity contribution is -0.126. The molecule has 1 aliphatic heterocycles. The standard InChI is InChI=1S/C39H33N3O5S/c1-4-6-20-31(5-2)42-38(46)33(24-32-21-22-34(47-32)30-19-13-18-29(23-30)26(3)43)37(45)41-39(42)48-25-35(44)40-36(27-14-9-7-10-15-27)28-16-11-8-12-17-28/h4-24,36H,1,25H2,2-3H3,(H,40,44)/b20-6-,31-5+,33-24+. The molecular formula is C39H33N3O5S. The van der Waals surface area contributed by atoms with Gasteiger partial charge in [-0.2, -0.15) is 4.99 Å². The number of hydrogen-bond acceptors (Lipinski definition) is 6. The van der Waals surface area contributed by atoms with E-state index in [4.69, 9.17) is 4.42 Å². The Morgan fingerprint density at radius 3 is 2.27 bits per heavy atom. The highest BCUT2D eigenvalue weighted by atomic mass is 32.2. The second-order valence-corrected chi connectivity index (χ2v) is 11.6. The van der Waals surface area contributed by atoms with E-state index in [9.17, 15) is 19.2 Å². The molecule has 0 saturated carbocycles. The average Bonchev–Trinajstić information content (AvgIpc) is 3.59. The monoisotopic (exact) mass is 655 g/mol. The molecule has 2 heterocycles. The molecule has 0 radical (unpaired) electrons. The van der Waals surface area contributed by atoms with E-state index in [1.54, 1.807) is 67.6 Å². The number of carbonyl (C=O) groups excluding carboxylic acids is 4. The Labute approximate surface area is 283 Å². The Morgan fingerprint density at radius 2 is 1.65 bits per heavy atom. The van der Waals surface area contributed by atoms with Crippen LogP contribution in [-0.4, -0.2) is 39.3 Å². The van der Waals surface area contributed by atoms with Gasteiger partial charge < -0.3 is 9.73 Å². The number of Topliss-reactive ketones (excluding diaryl/α,β-unsaturated/α-hetero) is 1. The summed E-state index contributed by atoms with van der Waals surface area (Å²) in [4.78, 5) is 58.0. The van der Waals surface area contributed by atoms with Crippen molar-refractivity contribution in [2.24, 2.45) is 4.99 Å². The number of benzene rings is 3. The number of thioether (sulfide) groups is 1. The topological polar surface area (TPSA) is 109 Å². The highest BCUT2D eigenvalue weighted by Crippen LogP contribution is 2.29. The number of nitrogens with zero attached hydrogens (tertiary/aromatic N) is 2. The Bertz CT molecular complexity index is 1930. The first-order valence-corrected chi connectivity index (χ1v) is 16.2. The number of amidine groups is 1. The van der Waals surface area contributed by atoms with E-state index in [1.807, 2.05) is 60.7 Å². The summed E-state index contributed by atoms with van der Waals surface area (Å²) in [5.74, 6) is -1.14. The van der Waals surface area contributed by atoms with Crippen molar-refractivity contribution in [3.63, 3.8) is 0 Å². The summed E-state index contributed by atoms with van der Waals surface area (Å²) in [5.41, 5.74) is 3.28. The Balaban J connectivity index is 1.41. The summed E-state index contributed by atoms with van der Waals surface area (Å²) in [6.45, 7) is 6.95. The fraction of sp³-hybridized carbons (Fsp3) is 0.103. The number of carbonyl (C=O) groups is 4. The molecule has 3 amide bonds. The van der Waals surface area contributed by atoms with Gasteiger partial charge in [-0.15, -0.1) is 0 Å². The largest absolute Gasteiger partial charge is 0.457 e. The molecule has 4 aromatic rings. The third kappa shape index (κ3) is 7.94. The summed E-state index contributed by atoms with van der Waals surface area (Å²) in [5, 5.41) is 3.15. The third-order valence-electron chi connectivity index (χ3n) is 7.38. The second kappa shape index (κ2) is 15.7. The van der Waals surface area contributed by atoms with E-state index in [2.05, 4.69) is 16.9 Å². The number of nitrogens with one attached hydrogen (secondary N) is 1. The molecule has 1 aromatic heterocycles. The number of hydrogen-bond donors (Lipinski definition) is 1. The lowest BCUT2D eigenvalue weighted by Gasteiger charge is -2.28. The zero-order valence-electron chi connectivity index (χ0n) is 26.5. The van der Waals surface area contributed by atoms with Gasteiger partial charge in [-0.3, -0.25) is 24.1 Å². The van der Waals surface area contributed by atoms with E-state index >= 15 is 0 Å². The highest BCUT2D eigenvalue weighted by Gasteiger charge is 2.35. The van der Waals surface area contributed by atoms with Crippen LogP contribution in [0.1, 0.15) is 47.1 Å². The molecular weight excluding hydrogens is 623 g/mol. The zero-order valence-corrected chi connectivity index (χ0v) is 27.3. The number of amides is 3. The van der Waals surface area contributed by atoms with Crippen molar-refractivity contribution in [2.45, 2.75) is 19.9 Å². The van der Waals surface area contributed by atoms with Crippen molar-refractivity contribution in [1.82, 2.24) is 10.2 Å². The van der Waals surface area contributed by atoms with Crippen molar-refractivity contribution in [3.05, 3.63) is 162 Å². The van der Waals surface area contributed by atoms with Gasteiger partial charge in [-0.25, -0.2) is 0 Å². The van der Waals surface area contributed by atoms with Gasteiger partial charge in [0.1, 0.15) is 17.1 Å². The van der Waals surface area contributed by atoms with Gasteiger partial charge in [0.05, 0.1) is 11.8 Å². The van der Waals surface area contributed by atoms with Crippen molar-refractivity contribution >= 4 is 46.5 Å². The molecule has 0 bridgehead atoms. The molecule has 1 N–H and O–H groups in total. The van der Waals surface area contributed by atoms with E-state index in [-0.39, 0.29) is 33.9 Å². The number of rotatable bonds is 11. The summed E-state index contributed by atoms with van der Waals surface area (Å²) in [6, 6.07) is 29.2. The van der Waals surface area contributed by atoms with Crippen molar-refractivity contribution in [3.8, 4) is 11.3 Å². The minimum atomic E-state index is -0.759. The third-order valence-corrected chi connectivity index (χ3v) is 8.32. The molecule has 48 heavy (non-hydrogen) atoms. The van der Waals surface area contributed by atoms with Gasteiger partial charge in [0.15, 0.2) is 11.0 Å². The molecule has 8 nitrogen and oxygen atoms in total. The molecule has 0 aliphatic carbocycles. The molecule has 0 unspecified atom stereocenters. The minimum Gasteiger partial charge on any atom is -0.457 e. The van der Waals surface area contributed by atoms with Crippen LogP contribution in [0.2, 0.25) is 0 Å². The van der Waals surface area contributed by atoms with Crippen LogP contribution >= 0.6 is 11.8 Å². The van der Waals surface area contributed by atoms with Crippen molar-refractivity contribution < 1.29 is 23.6 Å². The maximum Gasteiger partial charge on any atom is 0.285 e. The minimum absolute atomic E-state index is 0.0660. The maximum absolute atomic E-state index is 14.0. The predicted octanol–water partition coefficient (Wildman–Crippen LogP) is 7.54. The molecule has 9 heteroatoms. The van der Waals surface area contributed by atoms with E-state index in [0.717, 1.165) is 22.9 Å². The van der Waals surface area contributed by atoms with Crippen LogP contribution in [-0.2, 0) is 14.4 Å². The number of furan rings is 1. The summed E-state index contributed by atoms with van der Waals surface area (Å²) >= 11 is 0.987. The first-order valence-electron chi connectivity index (χ1n) is 15.2. The lowest BCUT2D eigenvalue weighted by atomic mass is 9.99. The lowest BCUT2D eigenvalue weighted by Crippen LogP contribution is -2.42. The van der Waals surface area contributed by atoms with E-state index < -0.39 is 17.9 Å². The molecule has 5 rings (SSSR count). The molecule has 0 atom stereocenters. The van der Waals surface area contributed by atoms with Gasteiger partial charge in [0.2, 0.25) is 5.91 Å². The summed E-state index contributed by atoms with van der Waals surface area (Å²) < 4.78 is 5.95. The van der Waals surface area contributed by atoms with Crippen LogP contribution in [0.15, 0.2) is 149 Å². The van der Waals surface area contributed by atoms with Gasteiger partial charge in [0.25, 0.3) is 11.8 Å². The number of aliphatic imine (C=N–C) groups is 1. The van der Waals surface area contributed by atoms with Gasteiger partial charge >= 0.3 is 0 Å². The molecule has 1 aliphatic rings. The fourth-order valence-corrected chi connectivity index (χ4v) is 5.82. The predicted molar refractivity (Wildman–Crippen MR) is 190 cm³/mol.